The molecule has 0 bridgehead atoms. The van der Waals surface area contributed by atoms with Gasteiger partial charge in [-0.25, -0.2) is 0 Å². The smallest absolute Gasteiger partial charge is 0.268 e. The summed E-state index contributed by atoms with van der Waals surface area (Å²) in [5.74, 6) is 0.0518. The molecule has 1 saturated carbocycles. The summed E-state index contributed by atoms with van der Waals surface area (Å²) in [4.78, 5) is 12.4. The van der Waals surface area contributed by atoms with Gasteiger partial charge >= 0.3 is 0 Å². The Morgan fingerprint density at radius 1 is 1.56 bits per heavy atom. The summed E-state index contributed by atoms with van der Waals surface area (Å²) in [6, 6.07) is 2.19. The van der Waals surface area contributed by atoms with Gasteiger partial charge in [0, 0.05) is 22.3 Å². The number of rotatable bonds is 4. The normalized spacial score (nSPS) is 17.6. The summed E-state index contributed by atoms with van der Waals surface area (Å²) in [5.41, 5.74) is 0.798. The van der Waals surface area contributed by atoms with Gasteiger partial charge in [0.2, 0.25) is 0 Å². The van der Waals surface area contributed by atoms with Crippen molar-refractivity contribution in [3.05, 3.63) is 22.4 Å². The SMILES string of the molecule is CCC1(NC(=O)c2cc(Br)cn2C(C)C)CCC1. The van der Waals surface area contributed by atoms with Crippen LogP contribution in [0.25, 0.3) is 0 Å². The van der Waals surface area contributed by atoms with Gasteiger partial charge in [-0.15, -0.1) is 0 Å². The third-order valence-corrected chi connectivity index (χ3v) is 4.40. The number of hydrogen-bond donors (Lipinski definition) is 1. The van der Waals surface area contributed by atoms with Crippen LogP contribution in [0.1, 0.15) is 63.0 Å². The minimum atomic E-state index is 0.0512. The molecule has 0 aliphatic heterocycles. The van der Waals surface area contributed by atoms with Crippen LogP contribution in [0.15, 0.2) is 16.7 Å². The minimum absolute atomic E-state index is 0.0512. The number of aromatic nitrogens is 1. The first-order chi connectivity index (χ1) is 8.47. The maximum atomic E-state index is 12.4. The van der Waals surface area contributed by atoms with E-state index >= 15 is 0 Å². The van der Waals surface area contributed by atoms with Crippen LogP contribution >= 0.6 is 15.9 Å². The zero-order valence-electron chi connectivity index (χ0n) is 11.3. The summed E-state index contributed by atoms with van der Waals surface area (Å²) in [7, 11) is 0. The van der Waals surface area contributed by atoms with Crippen molar-refractivity contribution >= 4 is 21.8 Å². The molecular formula is C14H21BrN2O. The van der Waals surface area contributed by atoms with Crippen molar-refractivity contribution in [1.82, 2.24) is 9.88 Å². The van der Waals surface area contributed by atoms with E-state index in [1.807, 2.05) is 16.8 Å². The van der Waals surface area contributed by atoms with E-state index in [-0.39, 0.29) is 17.5 Å². The molecule has 1 aromatic rings. The van der Waals surface area contributed by atoms with Gasteiger partial charge in [0.25, 0.3) is 5.91 Å². The molecule has 0 unspecified atom stereocenters. The topological polar surface area (TPSA) is 34.0 Å². The maximum absolute atomic E-state index is 12.4. The molecule has 18 heavy (non-hydrogen) atoms. The van der Waals surface area contributed by atoms with E-state index in [1.165, 1.54) is 6.42 Å². The molecule has 4 heteroatoms. The van der Waals surface area contributed by atoms with Gasteiger partial charge in [0.15, 0.2) is 0 Å². The highest BCUT2D eigenvalue weighted by atomic mass is 79.9. The fourth-order valence-electron chi connectivity index (χ4n) is 2.53. The largest absolute Gasteiger partial charge is 0.345 e. The molecule has 0 saturated heterocycles. The molecule has 0 aromatic carbocycles. The van der Waals surface area contributed by atoms with Gasteiger partial charge in [-0.1, -0.05) is 6.92 Å². The Morgan fingerprint density at radius 3 is 2.67 bits per heavy atom. The first-order valence-electron chi connectivity index (χ1n) is 6.67. The third-order valence-electron chi connectivity index (χ3n) is 3.97. The summed E-state index contributed by atoms with van der Waals surface area (Å²) >= 11 is 3.45. The Morgan fingerprint density at radius 2 is 2.22 bits per heavy atom. The number of nitrogens with one attached hydrogen (secondary N) is 1. The van der Waals surface area contributed by atoms with Gasteiger partial charge in [-0.3, -0.25) is 4.79 Å². The molecule has 2 rings (SSSR count). The van der Waals surface area contributed by atoms with Gasteiger partial charge in [0.1, 0.15) is 5.69 Å². The summed E-state index contributed by atoms with van der Waals surface area (Å²) < 4.78 is 2.97. The average Bonchev–Trinajstić information content (AvgIpc) is 2.66. The molecule has 1 aromatic heterocycles. The first kappa shape index (κ1) is 13.7. The lowest BCUT2D eigenvalue weighted by Crippen LogP contribution is -2.53. The Hall–Kier alpha value is -0.770. The quantitative estimate of drug-likeness (QED) is 0.899. The standard InChI is InChI=1S/C14H21BrN2O/c1-4-14(6-5-7-14)16-13(18)12-8-11(15)9-17(12)10(2)3/h8-10H,4-7H2,1-3H3,(H,16,18). The van der Waals surface area contributed by atoms with Crippen LogP contribution in [-0.2, 0) is 0 Å². The summed E-state index contributed by atoms with van der Waals surface area (Å²) in [5, 5.41) is 3.22. The van der Waals surface area contributed by atoms with Crippen molar-refractivity contribution in [1.29, 1.82) is 0 Å². The van der Waals surface area contributed by atoms with E-state index in [0.717, 1.165) is 29.4 Å². The minimum Gasteiger partial charge on any atom is -0.345 e. The van der Waals surface area contributed by atoms with Crippen LogP contribution in [0, 0.1) is 0 Å². The molecule has 1 N–H and O–H groups in total. The van der Waals surface area contributed by atoms with Crippen molar-refractivity contribution in [2.24, 2.45) is 0 Å². The van der Waals surface area contributed by atoms with Gasteiger partial charge in [-0.05, 0) is 61.5 Å². The Labute approximate surface area is 117 Å². The lowest BCUT2D eigenvalue weighted by molar-refractivity contribution is 0.0809. The molecule has 0 spiro atoms. The van der Waals surface area contributed by atoms with E-state index in [1.54, 1.807) is 0 Å². The Balaban J connectivity index is 2.18. The van der Waals surface area contributed by atoms with Crippen molar-refractivity contribution in [2.75, 3.05) is 0 Å². The van der Waals surface area contributed by atoms with Crippen molar-refractivity contribution in [2.45, 2.75) is 58.0 Å². The van der Waals surface area contributed by atoms with E-state index in [9.17, 15) is 4.79 Å². The molecule has 1 aliphatic rings. The van der Waals surface area contributed by atoms with Gasteiger partial charge < -0.3 is 9.88 Å². The zero-order chi connectivity index (χ0) is 13.3. The highest BCUT2D eigenvalue weighted by molar-refractivity contribution is 9.10. The molecule has 1 amide bonds. The van der Waals surface area contributed by atoms with Crippen molar-refractivity contribution < 1.29 is 4.79 Å². The molecule has 100 valence electrons. The first-order valence-corrected chi connectivity index (χ1v) is 7.46. The number of halogens is 1. The van der Waals surface area contributed by atoms with Crippen LogP contribution in [0.2, 0.25) is 0 Å². The zero-order valence-corrected chi connectivity index (χ0v) is 12.9. The highest BCUT2D eigenvalue weighted by Crippen LogP contribution is 2.35. The maximum Gasteiger partial charge on any atom is 0.268 e. The van der Waals surface area contributed by atoms with Gasteiger partial charge in [0.05, 0.1) is 0 Å². The Kier molecular flexibility index (Phi) is 3.85. The van der Waals surface area contributed by atoms with Crippen LogP contribution in [0.4, 0.5) is 0 Å². The third kappa shape index (κ3) is 2.48. The molecule has 0 radical (unpaired) electrons. The predicted molar refractivity (Wildman–Crippen MR) is 76.9 cm³/mol. The molecule has 3 nitrogen and oxygen atoms in total. The van der Waals surface area contributed by atoms with Gasteiger partial charge in [-0.2, -0.15) is 0 Å². The number of nitrogens with zero attached hydrogens (tertiary/aromatic N) is 1. The molecular weight excluding hydrogens is 292 g/mol. The number of carbonyl (C=O) groups excluding carboxylic acids is 1. The second-order valence-corrected chi connectivity index (χ2v) is 6.40. The fraction of sp³-hybridized carbons (Fsp3) is 0.643. The van der Waals surface area contributed by atoms with Crippen LogP contribution < -0.4 is 5.32 Å². The van der Waals surface area contributed by atoms with Crippen LogP contribution in [-0.4, -0.2) is 16.0 Å². The summed E-state index contributed by atoms with van der Waals surface area (Å²) in [6.45, 7) is 6.32. The lowest BCUT2D eigenvalue weighted by Gasteiger charge is -2.42. The molecule has 1 heterocycles. The Bertz CT molecular complexity index is 441. The number of hydrogen-bond acceptors (Lipinski definition) is 1. The van der Waals surface area contributed by atoms with E-state index in [4.69, 9.17) is 0 Å². The highest BCUT2D eigenvalue weighted by Gasteiger charge is 2.37. The predicted octanol–water partition coefficient (Wildman–Crippen LogP) is 3.89. The average molecular weight is 313 g/mol. The molecule has 0 atom stereocenters. The number of carbonyl (C=O) groups is 1. The fourth-order valence-corrected chi connectivity index (χ4v) is 2.97. The van der Waals surface area contributed by atoms with E-state index < -0.39 is 0 Å². The van der Waals surface area contributed by atoms with E-state index in [2.05, 4.69) is 42.0 Å². The second-order valence-electron chi connectivity index (χ2n) is 5.49. The lowest BCUT2D eigenvalue weighted by atomic mass is 9.75. The van der Waals surface area contributed by atoms with Crippen molar-refractivity contribution in [3.8, 4) is 0 Å². The number of amides is 1. The molecule has 1 aliphatic carbocycles. The van der Waals surface area contributed by atoms with Crippen molar-refractivity contribution in [3.63, 3.8) is 0 Å². The second kappa shape index (κ2) is 5.08. The summed E-state index contributed by atoms with van der Waals surface area (Å²) in [6.07, 6.45) is 6.43. The van der Waals surface area contributed by atoms with Crippen LogP contribution in [0.3, 0.4) is 0 Å². The van der Waals surface area contributed by atoms with Crippen LogP contribution in [0.5, 0.6) is 0 Å². The van der Waals surface area contributed by atoms with E-state index in [0.29, 0.717) is 0 Å². The molecule has 1 fully saturated rings. The monoisotopic (exact) mass is 312 g/mol.